The molecule has 4 aliphatic carbocycles. The number of ether oxygens (including phenoxy) is 1. The minimum Gasteiger partial charge on any atom is -0.392 e. The zero-order chi connectivity index (χ0) is 49.2. The number of nitrogens with zero attached hydrogens (tertiary/aromatic N) is 4. The first kappa shape index (κ1) is 49.0. The lowest BCUT2D eigenvalue weighted by molar-refractivity contribution is -0.146. The number of hydrogen-bond donors (Lipinski definition) is 5. The number of aromatic nitrogens is 3. The summed E-state index contributed by atoms with van der Waals surface area (Å²) in [4.78, 5) is 106. The molecule has 3 fully saturated rings. The van der Waals surface area contributed by atoms with E-state index in [9.17, 15) is 48.6 Å². The van der Waals surface area contributed by atoms with Crippen molar-refractivity contribution in [1.29, 1.82) is 0 Å². The van der Waals surface area contributed by atoms with E-state index in [1.54, 1.807) is 29.9 Å². The SMILES string of the molecule is C[C@H](CC(=O)C[C@@H](C)[C@H]1C[C@H](O)[C@@]2(C)C3=C(C(=O)C[C@]12C)[C@@]1(C)CCC(=O)C(C)(C)[C@@H]1C[C@@H]3O)C(=O)NCCOCCn1cc(CNc2cccc3c2C(=O)N(C2CCC(=O)NC2=O)C3=O)nn1. The van der Waals surface area contributed by atoms with Gasteiger partial charge < -0.3 is 25.6 Å². The number of imide groups is 2. The fraction of sp³-hybridized carbons (Fsp3) is 0.640. The molecule has 1 saturated heterocycles. The lowest BCUT2D eigenvalue weighted by Crippen LogP contribution is -2.60. The molecule has 366 valence electrons. The highest BCUT2D eigenvalue weighted by Crippen LogP contribution is 2.71. The van der Waals surface area contributed by atoms with Gasteiger partial charge >= 0.3 is 0 Å². The number of carbonyl (C=O) groups is 8. The number of Topliss-reactive ketones (excluding diaryl/α,β-unsaturated/α-hetero) is 3. The predicted molar refractivity (Wildman–Crippen MR) is 244 cm³/mol. The van der Waals surface area contributed by atoms with E-state index >= 15 is 0 Å². The molecule has 1 unspecified atom stereocenters. The second kappa shape index (κ2) is 18.1. The summed E-state index contributed by atoms with van der Waals surface area (Å²) in [6.45, 7) is 14.9. The monoisotopic (exact) mass is 939 g/mol. The smallest absolute Gasteiger partial charge is 0.264 e. The number of benzene rings is 1. The Hall–Kier alpha value is -5.46. The van der Waals surface area contributed by atoms with Gasteiger partial charge in [-0.1, -0.05) is 59.7 Å². The van der Waals surface area contributed by atoms with E-state index in [1.807, 2.05) is 34.6 Å². The number of piperidine rings is 1. The maximum atomic E-state index is 14.4. The predicted octanol–water partition coefficient (Wildman–Crippen LogP) is 3.48. The van der Waals surface area contributed by atoms with Gasteiger partial charge in [-0.15, -0.1) is 5.10 Å². The number of nitrogens with one attached hydrogen (secondary N) is 3. The first-order valence-electron chi connectivity index (χ1n) is 24.1. The molecule has 2 saturated carbocycles. The van der Waals surface area contributed by atoms with Crippen molar-refractivity contribution in [1.82, 2.24) is 30.5 Å². The number of fused-ring (bicyclic) bond motifs is 5. The van der Waals surface area contributed by atoms with Crippen LogP contribution in [-0.4, -0.2) is 115 Å². The first-order chi connectivity index (χ1) is 32.0. The highest BCUT2D eigenvalue weighted by atomic mass is 16.5. The van der Waals surface area contributed by atoms with Crippen molar-refractivity contribution in [3.63, 3.8) is 0 Å². The lowest BCUT2D eigenvalue weighted by Gasteiger charge is -2.61. The molecule has 2 aliphatic heterocycles. The molecule has 18 heteroatoms. The normalized spacial score (nSPS) is 31.7. The minimum atomic E-state index is -1.07. The summed E-state index contributed by atoms with van der Waals surface area (Å²) in [7, 11) is 0. The fourth-order valence-electron chi connectivity index (χ4n) is 13.3. The highest BCUT2D eigenvalue weighted by Gasteiger charge is 2.70. The minimum absolute atomic E-state index is 0.0262. The molecule has 6 aliphatic rings. The molecule has 0 spiro atoms. The second-order valence-electron chi connectivity index (χ2n) is 21.5. The average molecular weight is 940 g/mol. The van der Waals surface area contributed by atoms with Crippen LogP contribution in [-0.2, 0) is 46.6 Å². The third kappa shape index (κ3) is 8.12. The van der Waals surface area contributed by atoms with Gasteiger partial charge in [0.05, 0.1) is 55.8 Å². The van der Waals surface area contributed by atoms with Gasteiger partial charge in [-0.2, -0.15) is 0 Å². The van der Waals surface area contributed by atoms with Crippen molar-refractivity contribution in [3.05, 3.63) is 52.4 Å². The Labute approximate surface area is 395 Å². The Morgan fingerprint density at radius 3 is 2.46 bits per heavy atom. The topological polar surface area (TPSA) is 256 Å². The largest absolute Gasteiger partial charge is 0.392 e. The van der Waals surface area contributed by atoms with Gasteiger partial charge in [-0.25, -0.2) is 4.68 Å². The number of ketones is 3. The van der Waals surface area contributed by atoms with Crippen LogP contribution in [0.2, 0.25) is 0 Å². The molecule has 68 heavy (non-hydrogen) atoms. The molecular weight excluding hydrogens is 875 g/mol. The van der Waals surface area contributed by atoms with Crippen LogP contribution in [0, 0.1) is 45.3 Å². The van der Waals surface area contributed by atoms with Crippen molar-refractivity contribution in [2.75, 3.05) is 25.1 Å². The van der Waals surface area contributed by atoms with Crippen LogP contribution in [0.4, 0.5) is 5.69 Å². The molecule has 18 nitrogen and oxygen atoms in total. The molecule has 1 aromatic heterocycles. The second-order valence-corrected chi connectivity index (χ2v) is 21.5. The van der Waals surface area contributed by atoms with Crippen LogP contribution in [0.1, 0.15) is 133 Å². The number of aliphatic hydroxyl groups is 2. The summed E-state index contributed by atoms with van der Waals surface area (Å²) >= 11 is 0. The molecule has 2 aromatic rings. The number of amides is 5. The molecule has 3 heterocycles. The molecule has 10 atom stereocenters. The van der Waals surface area contributed by atoms with Gasteiger partial charge in [0.1, 0.15) is 23.3 Å². The molecular formula is C50H65N7O11. The molecule has 0 bridgehead atoms. The van der Waals surface area contributed by atoms with E-state index in [2.05, 4.69) is 33.2 Å². The maximum Gasteiger partial charge on any atom is 0.264 e. The van der Waals surface area contributed by atoms with Crippen LogP contribution in [0.5, 0.6) is 0 Å². The van der Waals surface area contributed by atoms with Gasteiger partial charge in [-0.05, 0) is 66.6 Å². The molecule has 8 rings (SSSR count). The van der Waals surface area contributed by atoms with Crippen molar-refractivity contribution in [2.24, 2.45) is 45.3 Å². The van der Waals surface area contributed by atoms with E-state index in [-0.39, 0.29) is 111 Å². The summed E-state index contributed by atoms with van der Waals surface area (Å²) in [5, 5.41) is 40.3. The highest BCUT2D eigenvalue weighted by molar-refractivity contribution is 6.25. The summed E-state index contributed by atoms with van der Waals surface area (Å²) < 4.78 is 7.31. The number of rotatable bonds is 16. The Kier molecular flexibility index (Phi) is 13.1. The zero-order valence-electron chi connectivity index (χ0n) is 40.1. The Balaban J connectivity index is 0.773. The van der Waals surface area contributed by atoms with Crippen LogP contribution < -0.4 is 16.0 Å². The fourth-order valence-corrected chi connectivity index (χ4v) is 13.3. The van der Waals surface area contributed by atoms with Gasteiger partial charge in [-0.3, -0.25) is 48.6 Å². The summed E-state index contributed by atoms with van der Waals surface area (Å²) in [6, 6.07) is 3.74. The number of allylic oxidation sites excluding steroid dienone is 1. The number of aliphatic hydroxyl groups excluding tert-OH is 2. The van der Waals surface area contributed by atoms with E-state index < -0.39 is 69.5 Å². The van der Waals surface area contributed by atoms with Crippen molar-refractivity contribution in [3.8, 4) is 0 Å². The van der Waals surface area contributed by atoms with Gasteiger partial charge in [0, 0.05) is 72.1 Å². The third-order valence-corrected chi connectivity index (χ3v) is 17.1. The van der Waals surface area contributed by atoms with Crippen LogP contribution in [0.25, 0.3) is 0 Å². The quantitative estimate of drug-likeness (QED) is 0.119. The average Bonchev–Trinajstić information content (AvgIpc) is 3.90. The standard InChI is InChI=1S/C50H65N7O11/c1-26(31-21-38(62)50(7)42-34(59)22-36-47(3,4)37(61)13-14-48(36,5)41(42)35(60)23-49(31,50)6)19-29(58)20-27(2)43(64)51-15-17-68-18-16-56-25-28(54-55-56)24-52-32-10-8-9-30-40(32)46(67)57(45(30)66)33-11-12-39(63)53-44(33)65/h8-10,25-27,31,33-34,36,38,52,59,62H,11-24H2,1-7H3,(H,51,64)(H,53,63,65)/t26-,27-,31-,33?,34+,36+,38+,48+,49-,50+/m1/s1. The maximum absolute atomic E-state index is 14.4. The third-order valence-electron chi connectivity index (χ3n) is 17.1. The Bertz CT molecular complexity index is 2500. The number of carbonyl (C=O) groups excluding carboxylic acids is 8. The summed E-state index contributed by atoms with van der Waals surface area (Å²) in [5.41, 5.74) is -0.388. The lowest BCUT2D eigenvalue weighted by atomic mass is 9.42. The molecule has 0 radical (unpaired) electrons. The van der Waals surface area contributed by atoms with E-state index in [4.69, 9.17) is 4.74 Å². The number of hydrogen-bond acceptors (Lipinski definition) is 14. The van der Waals surface area contributed by atoms with Gasteiger partial charge in [0.15, 0.2) is 5.78 Å². The molecule has 1 aromatic carbocycles. The van der Waals surface area contributed by atoms with E-state index in [1.165, 1.54) is 6.07 Å². The Morgan fingerprint density at radius 1 is 0.971 bits per heavy atom. The van der Waals surface area contributed by atoms with Crippen molar-refractivity contribution in [2.45, 2.75) is 138 Å². The first-order valence-corrected chi connectivity index (χ1v) is 24.1. The molecule has 5 amide bonds. The zero-order valence-corrected chi connectivity index (χ0v) is 40.1. The van der Waals surface area contributed by atoms with Crippen molar-refractivity contribution >= 4 is 52.6 Å². The van der Waals surface area contributed by atoms with Gasteiger partial charge in [0.25, 0.3) is 11.8 Å². The van der Waals surface area contributed by atoms with Crippen LogP contribution in [0.15, 0.2) is 35.5 Å². The Morgan fingerprint density at radius 2 is 1.72 bits per heavy atom. The molecule has 5 N–H and O–H groups in total. The van der Waals surface area contributed by atoms with E-state index in [0.29, 0.717) is 54.8 Å². The van der Waals surface area contributed by atoms with Crippen LogP contribution in [0.3, 0.4) is 0 Å². The van der Waals surface area contributed by atoms with E-state index in [0.717, 1.165) is 4.90 Å². The van der Waals surface area contributed by atoms with Crippen molar-refractivity contribution < 1.29 is 53.3 Å². The summed E-state index contributed by atoms with van der Waals surface area (Å²) in [6.07, 6.45) is 2.03. The number of anilines is 1. The summed E-state index contributed by atoms with van der Waals surface area (Å²) in [5.74, 6) is -3.75. The van der Waals surface area contributed by atoms with Crippen LogP contribution >= 0.6 is 0 Å². The van der Waals surface area contributed by atoms with Gasteiger partial charge in [0.2, 0.25) is 17.7 Å².